The minimum Gasteiger partial charge on any atom is -0.308 e. The smallest absolute Gasteiger partial charge is 0.123 e. The van der Waals surface area contributed by atoms with Crippen molar-refractivity contribution in [1.82, 2.24) is 5.32 Å². The highest BCUT2D eigenvalue weighted by Crippen LogP contribution is 2.20. The number of benzene rings is 1. The van der Waals surface area contributed by atoms with E-state index in [-0.39, 0.29) is 11.9 Å². The lowest BCUT2D eigenvalue weighted by atomic mass is 10.0. The van der Waals surface area contributed by atoms with Gasteiger partial charge in [0.2, 0.25) is 0 Å². The second-order valence-electron chi connectivity index (χ2n) is 4.57. The first kappa shape index (κ1) is 13.2. The Morgan fingerprint density at radius 3 is 2.62 bits per heavy atom. The van der Waals surface area contributed by atoms with Gasteiger partial charge in [-0.15, -0.1) is 0 Å². The molecule has 0 amide bonds. The molecule has 0 bridgehead atoms. The van der Waals surface area contributed by atoms with E-state index in [0.717, 1.165) is 12.0 Å². The van der Waals surface area contributed by atoms with E-state index in [2.05, 4.69) is 26.1 Å². The summed E-state index contributed by atoms with van der Waals surface area (Å²) in [6.45, 7) is 6.43. The van der Waals surface area contributed by atoms with E-state index in [1.54, 1.807) is 12.1 Å². The molecule has 0 aliphatic heterocycles. The number of hydrogen-bond acceptors (Lipinski definition) is 1. The minimum atomic E-state index is -0.149. The maximum Gasteiger partial charge on any atom is 0.123 e. The molecule has 0 aliphatic carbocycles. The van der Waals surface area contributed by atoms with Crippen molar-refractivity contribution in [1.29, 1.82) is 0 Å². The Balaban J connectivity index is 2.74. The molecule has 0 saturated heterocycles. The molecular formula is C14H22FN. The molecule has 1 N–H and O–H groups in total. The summed E-state index contributed by atoms with van der Waals surface area (Å²) >= 11 is 0. The van der Waals surface area contributed by atoms with Crippen LogP contribution in [0.4, 0.5) is 4.39 Å². The summed E-state index contributed by atoms with van der Waals surface area (Å²) in [5.41, 5.74) is 1.06. The SMILES string of the molecule is CCCCC(NC(C)C)c1cccc(F)c1. The van der Waals surface area contributed by atoms with Gasteiger partial charge in [-0.2, -0.15) is 0 Å². The molecule has 1 rings (SSSR count). The lowest BCUT2D eigenvalue weighted by Gasteiger charge is -2.21. The van der Waals surface area contributed by atoms with E-state index in [4.69, 9.17) is 0 Å². The normalized spacial score (nSPS) is 13.1. The first-order valence-electron chi connectivity index (χ1n) is 6.15. The molecule has 0 spiro atoms. The van der Waals surface area contributed by atoms with E-state index in [9.17, 15) is 4.39 Å². The summed E-state index contributed by atoms with van der Waals surface area (Å²) in [5, 5.41) is 3.49. The van der Waals surface area contributed by atoms with Crippen LogP contribution in [-0.4, -0.2) is 6.04 Å². The molecule has 0 aliphatic rings. The third kappa shape index (κ3) is 4.31. The lowest BCUT2D eigenvalue weighted by molar-refractivity contribution is 0.438. The largest absolute Gasteiger partial charge is 0.308 e. The van der Waals surface area contributed by atoms with Crippen LogP contribution in [0.1, 0.15) is 51.6 Å². The molecule has 16 heavy (non-hydrogen) atoms. The Morgan fingerprint density at radius 1 is 1.31 bits per heavy atom. The van der Waals surface area contributed by atoms with Crippen molar-refractivity contribution in [3.05, 3.63) is 35.6 Å². The molecule has 0 aromatic heterocycles. The fraction of sp³-hybridized carbons (Fsp3) is 0.571. The van der Waals surface area contributed by atoms with Crippen LogP contribution in [0, 0.1) is 5.82 Å². The first-order chi connectivity index (χ1) is 7.63. The van der Waals surface area contributed by atoms with Gasteiger partial charge in [0.25, 0.3) is 0 Å². The average molecular weight is 223 g/mol. The fourth-order valence-electron chi connectivity index (χ4n) is 1.88. The molecule has 0 saturated carbocycles. The third-order valence-electron chi connectivity index (χ3n) is 2.63. The number of rotatable bonds is 6. The molecule has 1 unspecified atom stereocenters. The molecule has 1 atom stereocenters. The highest BCUT2D eigenvalue weighted by atomic mass is 19.1. The van der Waals surface area contributed by atoms with Gasteiger partial charge in [0.1, 0.15) is 5.82 Å². The van der Waals surface area contributed by atoms with Crippen molar-refractivity contribution >= 4 is 0 Å². The summed E-state index contributed by atoms with van der Waals surface area (Å²) in [5.74, 6) is -0.149. The topological polar surface area (TPSA) is 12.0 Å². The monoisotopic (exact) mass is 223 g/mol. The van der Waals surface area contributed by atoms with E-state index in [0.29, 0.717) is 6.04 Å². The average Bonchev–Trinajstić information content (AvgIpc) is 2.23. The standard InChI is InChI=1S/C14H22FN/c1-4-5-9-14(16-11(2)3)12-7-6-8-13(15)10-12/h6-8,10-11,14,16H,4-5,9H2,1-3H3. The molecule has 1 aromatic rings. The van der Waals surface area contributed by atoms with E-state index >= 15 is 0 Å². The van der Waals surface area contributed by atoms with Crippen LogP contribution in [-0.2, 0) is 0 Å². The van der Waals surface area contributed by atoms with Crippen LogP contribution < -0.4 is 5.32 Å². The number of halogens is 1. The van der Waals surface area contributed by atoms with Gasteiger partial charge in [0.15, 0.2) is 0 Å². The zero-order valence-electron chi connectivity index (χ0n) is 10.5. The maximum atomic E-state index is 13.2. The second kappa shape index (κ2) is 6.64. The molecule has 90 valence electrons. The van der Waals surface area contributed by atoms with Gasteiger partial charge in [-0.25, -0.2) is 4.39 Å². The molecule has 0 radical (unpaired) electrons. The van der Waals surface area contributed by atoms with Gasteiger partial charge in [-0.1, -0.05) is 45.7 Å². The predicted molar refractivity (Wildman–Crippen MR) is 66.9 cm³/mol. The number of hydrogen-bond donors (Lipinski definition) is 1. The molecule has 2 heteroatoms. The predicted octanol–water partition coefficient (Wildman–Crippen LogP) is 4.06. The zero-order valence-corrected chi connectivity index (χ0v) is 10.5. The molecule has 1 aromatic carbocycles. The Kier molecular flexibility index (Phi) is 5.47. The van der Waals surface area contributed by atoms with E-state index in [1.165, 1.54) is 18.9 Å². The van der Waals surface area contributed by atoms with Crippen molar-refractivity contribution in [2.24, 2.45) is 0 Å². The van der Waals surface area contributed by atoms with Crippen LogP contribution in [0.3, 0.4) is 0 Å². The first-order valence-corrected chi connectivity index (χ1v) is 6.15. The Morgan fingerprint density at radius 2 is 2.06 bits per heavy atom. The van der Waals surface area contributed by atoms with Crippen molar-refractivity contribution < 1.29 is 4.39 Å². The minimum absolute atomic E-state index is 0.149. The van der Waals surface area contributed by atoms with Gasteiger partial charge in [0, 0.05) is 12.1 Å². The number of unbranched alkanes of at least 4 members (excludes halogenated alkanes) is 1. The van der Waals surface area contributed by atoms with Gasteiger partial charge >= 0.3 is 0 Å². The van der Waals surface area contributed by atoms with Gasteiger partial charge in [0.05, 0.1) is 0 Å². The van der Waals surface area contributed by atoms with Gasteiger partial charge in [-0.3, -0.25) is 0 Å². The molecule has 0 heterocycles. The van der Waals surface area contributed by atoms with Crippen LogP contribution in [0.5, 0.6) is 0 Å². The van der Waals surface area contributed by atoms with Gasteiger partial charge in [-0.05, 0) is 24.1 Å². The van der Waals surface area contributed by atoms with Crippen molar-refractivity contribution in [2.75, 3.05) is 0 Å². The summed E-state index contributed by atoms with van der Waals surface area (Å²) in [4.78, 5) is 0. The fourth-order valence-corrected chi connectivity index (χ4v) is 1.88. The van der Waals surface area contributed by atoms with Crippen molar-refractivity contribution in [2.45, 2.75) is 52.1 Å². The quantitative estimate of drug-likeness (QED) is 0.767. The van der Waals surface area contributed by atoms with Crippen LogP contribution in [0.15, 0.2) is 24.3 Å². The summed E-state index contributed by atoms with van der Waals surface area (Å²) in [6.07, 6.45) is 3.41. The summed E-state index contributed by atoms with van der Waals surface area (Å²) in [7, 11) is 0. The highest BCUT2D eigenvalue weighted by Gasteiger charge is 2.12. The summed E-state index contributed by atoms with van der Waals surface area (Å²) in [6, 6.07) is 7.61. The Hall–Kier alpha value is -0.890. The Labute approximate surface area is 98.1 Å². The zero-order chi connectivity index (χ0) is 12.0. The maximum absolute atomic E-state index is 13.2. The second-order valence-corrected chi connectivity index (χ2v) is 4.57. The van der Waals surface area contributed by atoms with E-state index in [1.807, 2.05) is 6.07 Å². The van der Waals surface area contributed by atoms with Crippen molar-refractivity contribution in [3.8, 4) is 0 Å². The van der Waals surface area contributed by atoms with Crippen LogP contribution in [0.25, 0.3) is 0 Å². The lowest BCUT2D eigenvalue weighted by Crippen LogP contribution is -2.28. The van der Waals surface area contributed by atoms with Crippen molar-refractivity contribution in [3.63, 3.8) is 0 Å². The molecular weight excluding hydrogens is 201 g/mol. The number of nitrogens with one attached hydrogen (secondary N) is 1. The highest BCUT2D eigenvalue weighted by molar-refractivity contribution is 5.20. The van der Waals surface area contributed by atoms with Gasteiger partial charge < -0.3 is 5.32 Å². The van der Waals surface area contributed by atoms with E-state index < -0.39 is 0 Å². The molecule has 0 fully saturated rings. The summed E-state index contributed by atoms with van der Waals surface area (Å²) < 4.78 is 13.2. The van der Waals surface area contributed by atoms with Crippen LogP contribution in [0.2, 0.25) is 0 Å². The van der Waals surface area contributed by atoms with Crippen LogP contribution >= 0.6 is 0 Å². The Bertz CT molecular complexity index is 309. The third-order valence-corrected chi connectivity index (χ3v) is 2.63. The molecule has 1 nitrogen and oxygen atoms in total.